The SMILES string of the molecule is CCCCCCCCCC(=O)C1(CC(C)C)CCCC1. The number of Topliss-reactive ketones (excluding diaryl/α,β-unsaturated/α-hetero) is 1. The summed E-state index contributed by atoms with van der Waals surface area (Å²) in [4.78, 5) is 12.6. The van der Waals surface area contributed by atoms with E-state index < -0.39 is 0 Å². The molecule has 20 heavy (non-hydrogen) atoms. The maximum absolute atomic E-state index is 12.6. The molecule has 0 aromatic heterocycles. The minimum atomic E-state index is 0.0797. The molecular formula is C19H36O. The van der Waals surface area contributed by atoms with Crippen LogP contribution in [0.15, 0.2) is 0 Å². The first-order valence-corrected chi connectivity index (χ1v) is 9.14. The van der Waals surface area contributed by atoms with Crippen LogP contribution in [0.2, 0.25) is 0 Å². The second-order valence-corrected chi connectivity index (χ2v) is 7.38. The molecule has 1 heteroatoms. The van der Waals surface area contributed by atoms with E-state index in [1.54, 1.807) is 0 Å². The van der Waals surface area contributed by atoms with Gasteiger partial charge in [-0.1, -0.05) is 72.1 Å². The largest absolute Gasteiger partial charge is 0.299 e. The second-order valence-electron chi connectivity index (χ2n) is 7.38. The molecule has 0 aliphatic heterocycles. The molecule has 0 bridgehead atoms. The van der Waals surface area contributed by atoms with Crippen molar-refractivity contribution in [3.63, 3.8) is 0 Å². The van der Waals surface area contributed by atoms with Gasteiger partial charge in [0, 0.05) is 11.8 Å². The Labute approximate surface area is 126 Å². The fourth-order valence-electron chi connectivity index (χ4n) is 3.94. The Morgan fingerprint density at radius 1 is 0.950 bits per heavy atom. The van der Waals surface area contributed by atoms with Crippen molar-refractivity contribution in [3.8, 4) is 0 Å². The summed E-state index contributed by atoms with van der Waals surface area (Å²) in [5, 5.41) is 0. The zero-order chi connectivity index (χ0) is 14.8. The van der Waals surface area contributed by atoms with Crippen LogP contribution in [-0.4, -0.2) is 5.78 Å². The third kappa shape index (κ3) is 5.97. The molecular weight excluding hydrogens is 244 g/mol. The molecule has 0 radical (unpaired) electrons. The van der Waals surface area contributed by atoms with E-state index >= 15 is 0 Å². The third-order valence-corrected chi connectivity index (χ3v) is 4.96. The molecule has 1 saturated carbocycles. The van der Waals surface area contributed by atoms with Crippen molar-refractivity contribution < 1.29 is 4.79 Å². The van der Waals surface area contributed by atoms with Gasteiger partial charge in [-0.25, -0.2) is 0 Å². The van der Waals surface area contributed by atoms with Gasteiger partial charge in [-0.15, -0.1) is 0 Å². The lowest BCUT2D eigenvalue weighted by Gasteiger charge is -2.29. The third-order valence-electron chi connectivity index (χ3n) is 4.96. The fraction of sp³-hybridized carbons (Fsp3) is 0.947. The lowest BCUT2D eigenvalue weighted by molar-refractivity contribution is -0.129. The van der Waals surface area contributed by atoms with E-state index in [2.05, 4.69) is 20.8 Å². The summed E-state index contributed by atoms with van der Waals surface area (Å²) in [6, 6.07) is 0. The van der Waals surface area contributed by atoms with Gasteiger partial charge < -0.3 is 0 Å². The maximum atomic E-state index is 12.6. The first kappa shape index (κ1) is 17.7. The molecule has 1 nitrogen and oxygen atoms in total. The Kier molecular flexibility index (Phi) is 8.49. The number of hydrogen-bond acceptors (Lipinski definition) is 1. The van der Waals surface area contributed by atoms with E-state index in [0.29, 0.717) is 11.7 Å². The summed E-state index contributed by atoms with van der Waals surface area (Å²) < 4.78 is 0. The number of carbonyl (C=O) groups excluding carboxylic acids is 1. The highest BCUT2D eigenvalue weighted by molar-refractivity contribution is 5.85. The normalized spacial score (nSPS) is 17.8. The van der Waals surface area contributed by atoms with E-state index in [-0.39, 0.29) is 5.41 Å². The number of hydrogen-bond donors (Lipinski definition) is 0. The second kappa shape index (κ2) is 9.58. The van der Waals surface area contributed by atoms with Crippen molar-refractivity contribution in [1.82, 2.24) is 0 Å². The van der Waals surface area contributed by atoms with E-state index in [0.717, 1.165) is 19.3 Å². The first-order valence-electron chi connectivity index (χ1n) is 9.14. The van der Waals surface area contributed by atoms with Crippen molar-refractivity contribution in [2.45, 2.75) is 104 Å². The quantitative estimate of drug-likeness (QED) is 0.406. The van der Waals surface area contributed by atoms with Crippen LogP contribution in [0.1, 0.15) is 104 Å². The first-order chi connectivity index (χ1) is 9.60. The van der Waals surface area contributed by atoms with Gasteiger partial charge in [0.15, 0.2) is 0 Å². The minimum Gasteiger partial charge on any atom is -0.299 e. The number of ketones is 1. The smallest absolute Gasteiger partial charge is 0.139 e. The topological polar surface area (TPSA) is 17.1 Å². The fourth-order valence-corrected chi connectivity index (χ4v) is 3.94. The molecule has 0 unspecified atom stereocenters. The highest BCUT2D eigenvalue weighted by atomic mass is 16.1. The molecule has 0 saturated heterocycles. The summed E-state index contributed by atoms with van der Waals surface area (Å²) in [5.41, 5.74) is 0.0797. The zero-order valence-corrected chi connectivity index (χ0v) is 14.2. The summed E-state index contributed by atoms with van der Waals surface area (Å²) in [7, 11) is 0. The lowest BCUT2D eigenvalue weighted by atomic mass is 9.73. The van der Waals surface area contributed by atoms with Crippen LogP contribution in [0.4, 0.5) is 0 Å². The maximum Gasteiger partial charge on any atom is 0.139 e. The van der Waals surface area contributed by atoms with Gasteiger partial charge in [0.05, 0.1) is 0 Å². The highest BCUT2D eigenvalue weighted by Crippen LogP contribution is 2.44. The van der Waals surface area contributed by atoms with Gasteiger partial charge in [0.1, 0.15) is 5.78 Å². The monoisotopic (exact) mass is 280 g/mol. The lowest BCUT2D eigenvalue weighted by Crippen LogP contribution is -2.29. The highest BCUT2D eigenvalue weighted by Gasteiger charge is 2.40. The Balaban J connectivity index is 2.22. The molecule has 0 spiro atoms. The number of rotatable bonds is 11. The van der Waals surface area contributed by atoms with E-state index in [1.807, 2.05) is 0 Å². The molecule has 1 fully saturated rings. The van der Waals surface area contributed by atoms with Crippen molar-refractivity contribution in [2.24, 2.45) is 11.3 Å². The molecule has 0 aromatic carbocycles. The van der Waals surface area contributed by atoms with Crippen LogP contribution < -0.4 is 0 Å². The molecule has 0 aromatic rings. The van der Waals surface area contributed by atoms with E-state index in [4.69, 9.17) is 0 Å². The van der Waals surface area contributed by atoms with Crippen LogP contribution in [0.5, 0.6) is 0 Å². The van der Waals surface area contributed by atoms with Gasteiger partial charge in [0.2, 0.25) is 0 Å². The van der Waals surface area contributed by atoms with Gasteiger partial charge >= 0.3 is 0 Å². The van der Waals surface area contributed by atoms with Crippen LogP contribution in [0.3, 0.4) is 0 Å². The van der Waals surface area contributed by atoms with Crippen LogP contribution in [-0.2, 0) is 4.79 Å². The summed E-state index contributed by atoms with van der Waals surface area (Å²) >= 11 is 0. The van der Waals surface area contributed by atoms with Crippen LogP contribution >= 0.6 is 0 Å². The van der Waals surface area contributed by atoms with E-state index in [9.17, 15) is 4.79 Å². The van der Waals surface area contributed by atoms with Crippen molar-refractivity contribution in [1.29, 1.82) is 0 Å². The van der Waals surface area contributed by atoms with Gasteiger partial charge in [0.25, 0.3) is 0 Å². The van der Waals surface area contributed by atoms with Gasteiger partial charge in [-0.2, -0.15) is 0 Å². The van der Waals surface area contributed by atoms with Crippen molar-refractivity contribution in [3.05, 3.63) is 0 Å². The van der Waals surface area contributed by atoms with E-state index in [1.165, 1.54) is 64.2 Å². The molecule has 1 aliphatic rings. The number of carbonyl (C=O) groups is 1. The Morgan fingerprint density at radius 2 is 1.50 bits per heavy atom. The predicted octanol–water partition coefficient (Wildman–Crippen LogP) is 6.30. The molecule has 0 amide bonds. The van der Waals surface area contributed by atoms with Crippen LogP contribution in [0, 0.1) is 11.3 Å². The molecule has 0 atom stereocenters. The molecule has 1 aliphatic carbocycles. The summed E-state index contributed by atoms with van der Waals surface area (Å²) in [6.07, 6.45) is 16.0. The zero-order valence-electron chi connectivity index (χ0n) is 14.2. The Hall–Kier alpha value is -0.330. The summed E-state index contributed by atoms with van der Waals surface area (Å²) in [5.74, 6) is 1.25. The average Bonchev–Trinajstić information content (AvgIpc) is 2.86. The van der Waals surface area contributed by atoms with Crippen molar-refractivity contribution >= 4 is 5.78 Å². The van der Waals surface area contributed by atoms with Gasteiger partial charge in [-0.05, 0) is 31.6 Å². The molecule has 0 N–H and O–H groups in total. The Bertz CT molecular complexity index is 261. The minimum absolute atomic E-state index is 0.0797. The Morgan fingerprint density at radius 3 is 2.05 bits per heavy atom. The standard InChI is InChI=1S/C19H36O/c1-4-5-6-7-8-9-10-13-18(20)19(16-17(2)3)14-11-12-15-19/h17H,4-16H2,1-3H3. The van der Waals surface area contributed by atoms with Gasteiger partial charge in [-0.3, -0.25) is 4.79 Å². The average molecular weight is 280 g/mol. The van der Waals surface area contributed by atoms with Crippen LogP contribution in [0.25, 0.3) is 0 Å². The molecule has 0 heterocycles. The summed E-state index contributed by atoms with van der Waals surface area (Å²) in [6.45, 7) is 6.79. The number of unbranched alkanes of at least 4 members (excludes halogenated alkanes) is 6. The molecule has 118 valence electrons. The molecule has 1 rings (SSSR count). The predicted molar refractivity (Wildman–Crippen MR) is 88.0 cm³/mol. The van der Waals surface area contributed by atoms with Crippen molar-refractivity contribution in [2.75, 3.05) is 0 Å².